The van der Waals surface area contributed by atoms with Crippen molar-refractivity contribution in [3.8, 4) is 0 Å². The molecule has 3 aromatic heterocycles. The van der Waals surface area contributed by atoms with E-state index in [-0.39, 0.29) is 18.2 Å². The second-order valence-corrected chi connectivity index (χ2v) is 8.20. The number of ether oxygens (including phenoxy) is 1. The molecule has 0 spiro atoms. The van der Waals surface area contributed by atoms with E-state index in [9.17, 15) is 9.59 Å². The second kappa shape index (κ2) is 7.14. The number of aromatic nitrogens is 5. The van der Waals surface area contributed by atoms with Gasteiger partial charge in [-0.25, -0.2) is 4.79 Å². The van der Waals surface area contributed by atoms with Crippen LogP contribution < -0.4 is 11.2 Å². The Labute approximate surface area is 176 Å². The first kappa shape index (κ1) is 19.1. The van der Waals surface area contributed by atoms with Gasteiger partial charge in [0.25, 0.3) is 5.56 Å². The summed E-state index contributed by atoms with van der Waals surface area (Å²) in [4.78, 5) is 31.0. The second-order valence-electron chi connectivity index (χ2n) is 7.79. The lowest BCUT2D eigenvalue weighted by atomic mass is 10.2. The van der Waals surface area contributed by atoms with Crippen LogP contribution in [0.1, 0.15) is 24.1 Å². The molecule has 4 aromatic rings. The van der Waals surface area contributed by atoms with Gasteiger partial charge in [0, 0.05) is 30.6 Å². The van der Waals surface area contributed by atoms with Crippen LogP contribution >= 0.6 is 11.6 Å². The Morgan fingerprint density at radius 1 is 1.23 bits per heavy atom. The molecule has 1 atom stereocenters. The molecule has 1 fully saturated rings. The summed E-state index contributed by atoms with van der Waals surface area (Å²) in [6.07, 6.45) is 4.10. The van der Waals surface area contributed by atoms with Crippen molar-refractivity contribution in [2.24, 2.45) is 7.05 Å². The summed E-state index contributed by atoms with van der Waals surface area (Å²) in [5, 5.41) is 0.517. The molecule has 0 unspecified atom stereocenters. The van der Waals surface area contributed by atoms with Crippen molar-refractivity contribution in [3.63, 3.8) is 0 Å². The standard InChI is InChI=1S/C21H22ClN5O3/c1-13-10-26-17-18(23-20(26)25(13)12-15-7-5-9-30-15)24(2)21(29)27(19(17)28)11-14-6-3-4-8-16(14)22/h3-4,6,8,10,15H,5,7,9,11-12H2,1-2H3/t15-/m1/s1. The number of hydrogen-bond acceptors (Lipinski definition) is 4. The molecule has 9 heteroatoms. The lowest BCUT2D eigenvalue weighted by molar-refractivity contribution is 0.0974. The zero-order chi connectivity index (χ0) is 21.0. The van der Waals surface area contributed by atoms with Gasteiger partial charge in [-0.3, -0.25) is 18.3 Å². The third kappa shape index (κ3) is 2.90. The Bertz CT molecular complexity index is 1390. The van der Waals surface area contributed by atoms with Gasteiger partial charge in [0.1, 0.15) is 0 Å². The number of benzene rings is 1. The maximum atomic E-state index is 13.4. The molecule has 0 amide bonds. The topological polar surface area (TPSA) is 75.5 Å². The molecular formula is C21H22ClN5O3. The average Bonchev–Trinajstić information content (AvgIpc) is 3.43. The molecule has 5 rings (SSSR count). The van der Waals surface area contributed by atoms with Crippen LogP contribution in [0.5, 0.6) is 0 Å². The fraction of sp³-hybridized carbons (Fsp3) is 0.381. The Hall–Kier alpha value is -2.84. The first-order chi connectivity index (χ1) is 14.5. The highest BCUT2D eigenvalue weighted by Gasteiger charge is 2.23. The lowest BCUT2D eigenvalue weighted by Gasteiger charge is -2.11. The predicted molar refractivity (Wildman–Crippen MR) is 114 cm³/mol. The molecule has 1 aromatic carbocycles. The summed E-state index contributed by atoms with van der Waals surface area (Å²) in [6, 6.07) is 7.21. The van der Waals surface area contributed by atoms with E-state index in [1.165, 1.54) is 9.13 Å². The van der Waals surface area contributed by atoms with Gasteiger partial charge in [0.15, 0.2) is 11.2 Å². The monoisotopic (exact) mass is 427 g/mol. The zero-order valence-electron chi connectivity index (χ0n) is 16.8. The molecule has 156 valence electrons. The molecule has 1 aliphatic rings. The molecule has 0 aliphatic carbocycles. The normalized spacial score (nSPS) is 16.8. The molecule has 1 saturated heterocycles. The number of halogens is 1. The maximum absolute atomic E-state index is 13.4. The smallest absolute Gasteiger partial charge is 0.332 e. The molecule has 0 bridgehead atoms. The molecule has 8 nitrogen and oxygen atoms in total. The number of imidazole rings is 2. The van der Waals surface area contributed by atoms with Gasteiger partial charge in [-0.2, -0.15) is 4.98 Å². The van der Waals surface area contributed by atoms with E-state index in [2.05, 4.69) is 9.55 Å². The Morgan fingerprint density at radius 3 is 2.77 bits per heavy atom. The van der Waals surface area contributed by atoms with Gasteiger partial charge in [-0.15, -0.1) is 0 Å². The van der Waals surface area contributed by atoms with Crippen molar-refractivity contribution in [1.29, 1.82) is 0 Å². The summed E-state index contributed by atoms with van der Waals surface area (Å²) >= 11 is 6.26. The van der Waals surface area contributed by atoms with Crippen molar-refractivity contribution in [3.05, 3.63) is 67.6 Å². The van der Waals surface area contributed by atoms with E-state index >= 15 is 0 Å². The van der Waals surface area contributed by atoms with Gasteiger partial charge < -0.3 is 9.30 Å². The predicted octanol–water partition coefficient (Wildman–Crippen LogP) is 2.34. The van der Waals surface area contributed by atoms with Crippen LogP contribution in [0.4, 0.5) is 0 Å². The summed E-state index contributed by atoms with van der Waals surface area (Å²) in [6.45, 7) is 3.54. The molecule has 0 N–H and O–H groups in total. The fourth-order valence-electron chi connectivity index (χ4n) is 4.21. The quantitative estimate of drug-likeness (QED) is 0.501. The summed E-state index contributed by atoms with van der Waals surface area (Å²) in [5.74, 6) is 0.639. The van der Waals surface area contributed by atoms with E-state index in [4.69, 9.17) is 16.3 Å². The first-order valence-electron chi connectivity index (χ1n) is 9.98. The summed E-state index contributed by atoms with van der Waals surface area (Å²) < 4.78 is 12.2. The van der Waals surface area contributed by atoms with E-state index < -0.39 is 5.69 Å². The number of nitrogens with zero attached hydrogens (tertiary/aromatic N) is 5. The minimum atomic E-state index is -0.421. The molecular weight excluding hydrogens is 406 g/mol. The third-order valence-electron chi connectivity index (χ3n) is 5.84. The van der Waals surface area contributed by atoms with E-state index in [0.29, 0.717) is 34.1 Å². The van der Waals surface area contributed by atoms with Crippen molar-refractivity contribution in [2.75, 3.05) is 6.61 Å². The first-order valence-corrected chi connectivity index (χ1v) is 10.4. The van der Waals surface area contributed by atoms with E-state index in [1.54, 1.807) is 17.5 Å². The molecule has 1 aliphatic heterocycles. The van der Waals surface area contributed by atoms with Crippen LogP contribution in [0.2, 0.25) is 5.02 Å². The Balaban J connectivity index is 1.71. The van der Waals surface area contributed by atoms with Crippen LogP contribution in [0.3, 0.4) is 0 Å². The highest BCUT2D eigenvalue weighted by Crippen LogP contribution is 2.21. The van der Waals surface area contributed by atoms with E-state index in [0.717, 1.165) is 25.1 Å². The third-order valence-corrected chi connectivity index (χ3v) is 6.21. The number of fused-ring (bicyclic) bond motifs is 3. The highest BCUT2D eigenvalue weighted by molar-refractivity contribution is 6.31. The Kier molecular flexibility index (Phi) is 4.56. The maximum Gasteiger partial charge on any atom is 0.332 e. The van der Waals surface area contributed by atoms with Crippen LogP contribution in [0.25, 0.3) is 16.9 Å². The largest absolute Gasteiger partial charge is 0.376 e. The van der Waals surface area contributed by atoms with Crippen molar-refractivity contribution >= 4 is 28.5 Å². The lowest BCUT2D eigenvalue weighted by Crippen LogP contribution is -2.39. The number of aryl methyl sites for hydroxylation is 2. The van der Waals surface area contributed by atoms with Crippen LogP contribution in [-0.2, 0) is 24.9 Å². The van der Waals surface area contributed by atoms with Crippen LogP contribution in [0.15, 0.2) is 40.1 Å². The van der Waals surface area contributed by atoms with Gasteiger partial charge in [0.2, 0.25) is 5.78 Å². The fourth-order valence-corrected chi connectivity index (χ4v) is 4.40. The van der Waals surface area contributed by atoms with Gasteiger partial charge in [-0.1, -0.05) is 29.8 Å². The number of hydrogen-bond donors (Lipinski definition) is 0. The molecule has 30 heavy (non-hydrogen) atoms. The number of rotatable bonds is 4. The zero-order valence-corrected chi connectivity index (χ0v) is 17.6. The molecule has 0 saturated carbocycles. The highest BCUT2D eigenvalue weighted by atomic mass is 35.5. The molecule has 4 heterocycles. The average molecular weight is 428 g/mol. The van der Waals surface area contributed by atoms with Crippen LogP contribution in [0, 0.1) is 6.92 Å². The summed E-state index contributed by atoms with van der Waals surface area (Å²) in [5.41, 5.74) is 1.65. The van der Waals surface area contributed by atoms with Gasteiger partial charge >= 0.3 is 5.69 Å². The van der Waals surface area contributed by atoms with E-state index in [1.807, 2.05) is 31.3 Å². The van der Waals surface area contributed by atoms with Crippen molar-refractivity contribution in [1.82, 2.24) is 23.1 Å². The SMILES string of the molecule is Cc1cn2c3c(=O)n(Cc4ccccc4Cl)c(=O)n(C)c3nc2n1C[C@H]1CCCO1. The molecule has 0 radical (unpaired) electrons. The summed E-state index contributed by atoms with van der Waals surface area (Å²) in [7, 11) is 1.64. The Morgan fingerprint density at radius 2 is 2.03 bits per heavy atom. The van der Waals surface area contributed by atoms with Crippen molar-refractivity contribution < 1.29 is 4.74 Å². The van der Waals surface area contributed by atoms with Crippen LogP contribution in [-0.4, -0.2) is 35.8 Å². The van der Waals surface area contributed by atoms with Gasteiger partial charge in [0.05, 0.1) is 19.2 Å². The van der Waals surface area contributed by atoms with Gasteiger partial charge in [-0.05, 0) is 31.4 Å². The minimum absolute atomic E-state index is 0.101. The minimum Gasteiger partial charge on any atom is -0.376 e. The van der Waals surface area contributed by atoms with Crippen molar-refractivity contribution in [2.45, 2.75) is 39.0 Å².